The number of nitrogens with two attached hydrogens (primary N) is 1. The number of hydrogen-bond donors (Lipinski definition) is 3. The molecule has 0 aromatic heterocycles. The van der Waals surface area contributed by atoms with Crippen LogP contribution < -0.4 is 11.2 Å². The van der Waals surface area contributed by atoms with Gasteiger partial charge < -0.3 is 10.9 Å². The summed E-state index contributed by atoms with van der Waals surface area (Å²) in [6, 6.07) is 0.181. The van der Waals surface area contributed by atoms with Crippen LogP contribution in [-0.4, -0.2) is 17.8 Å². The van der Waals surface area contributed by atoms with Gasteiger partial charge in [-0.25, -0.2) is 5.48 Å². The van der Waals surface area contributed by atoms with E-state index in [1.807, 2.05) is 6.92 Å². The summed E-state index contributed by atoms with van der Waals surface area (Å²) >= 11 is 0. The van der Waals surface area contributed by atoms with Gasteiger partial charge in [-0.3, -0.25) is 0 Å². The minimum absolute atomic E-state index is 0.181. The molecule has 0 amide bonds. The van der Waals surface area contributed by atoms with E-state index in [4.69, 9.17) is 10.9 Å². The van der Waals surface area contributed by atoms with Gasteiger partial charge in [-0.15, -0.1) is 0 Å². The molecular formula is C5H14N2O. The molecule has 8 heavy (non-hydrogen) atoms. The van der Waals surface area contributed by atoms with Crippen molar-refractivity contribution >= 4 is 0 Å². The second-order valence-electron chi connectivity index (χ2n) is 1.81. The molecule has 3 nitrogen and oxygen atoms in total. The lowest BCUT2D eigenvalue weighted by atomic mass is 10.2. The van der Waals surface area contributed by atoms with Crippen LogP contribution in [0.15, 0.2) is 0 Å². The van der Waals surface area contributed by atoms with Crippen LogP contribution >= 0.6 is 0 Å². The highest BCUT2D eigenvalue weighted by atomic mass is 16.5. The van der Waals surface area contributed by atoms with Crippen LogP contribution in [0, 0.1) is 0 Å². The number of nitrogens with one attached hydrogen (secondary N) is 1. The molecule has 0 aliphatic heterocycles. The largest absolute Gasteiger partial charge is 0.330 e. The Balaban J connectivity index is 3.07. The molecule has 4 N–H and O–H groups in total. The number of hydrogen-bond acceptors (Lipinski definition) is 3. The molecule has 0 aliphatic carbocycles. The van der Waals surface area contributed by atoms with Gasteiger partial charge >= 0.3 is 0 Å². The van der Waals surface area contributed by atoms with Gasteiger partial charge in [-0.05, 0) is 19.4 Å². The third-order valence-electron chi connectivity index (χ3n) is 1.19. The third kappa shape index (κ3) is 2.96. The maximum Gasteiger partial charge on any atom is 0.0329 e. The number of rotatable bonds is 4. The van der Waals surface area contributed by atoms with Crippen LogP contribution in [0.25, 0.3) is 0 Å². The van der Waals surface area contributed by atoms with Crippen LogP contribution in [0.4, 0.5) is 0 Å². The van der Waals surface area contributed by atoms with Crippen molar-refractivity contribution in [3.05, 3.63) is 0 Å². The van der Waals surface area contributed by atoms with E-state index in [9.17, 15) is 0 Å². The molecule has 0 bridgehead atoms. The summed E-state index contributed by atoms with van der Waals surface area (Å²) in [5.74, 6) is 0. The van der Waals surface area contributed by atoms with E-state index in [1.54, 1.807) is 0 Å². The van der Waals surface area contributed by atoms with Crippen LogP contribution in [0.5, 0.6) is 0 Å². The van der Waals surface area contributed by atoms with E-state index < -0.39 is 0 Å². The average Bonchev–Trinajstić information content (AvgIpc) is 1.83. The highest BCUT2D eigenvalue weighted by Gasteiger charge is 1.99. The Morgan fingerprint density at radius 3 is 2.50 bits per heavy atom. The average molecular weight is 118 g/mol. The van der Waals surface area contributed by atoms with Gasteiger partial charge in [0.1, 0.15) is 0 Å². The predicted octanol–water partition coefficient (Wildman–Crippen LogP) is 0.0926. The SMILES string of the molecule is CCC(CCN)NO. The van der Waals surface area contributed by atoms with Crippen molar-refractivity contribution in [2.45, 2.75) is 25.8 Å². The zero-order chi connectivity index (χ0) is 6.41. The van der Waals surface area contributed by atoms with Gasteiger partial charge in [-0.2, -0.15) is 0 Å². The fourth-order valence-electron chi connectivity index (χ4n) is 0.561. The molecule has 3 heteroatoms. The Labute approximate surface area is 49.8 Å². The van der Waals surface area contributed by atoms with Gasteiger partial charge in [0.25, 0.3) is 0 Å². The molecule has 0 saturated carbocycles. The highest BCUT2D eigenvalue weighted by Crippen LogP contribution is 1.92. The summed E-state index contributed by atoms with van der Waals surface area (Å²) in [4.78, 5) is 0. The zero-order valence-corrected chi connectivity index (χ0v) is 5.22. The first kappa shape index (κ1) is 7.88. The van der Waals surface area contributed by atoms with E-state index in [0.29, 0.717) is 6.54 Å². The summed E-state index contributed by atoms with van der Waals surface area (Å²) < 4.78 is 0. The lowest BCUT2D eigenvalue weighted by Crippen LogP contribution is -2.27. The van der Waals surface area contributed by atoms with Crippen molar-refractivity contribution in [2.75, 3.05) is 6.54 Å². The van der Waals surface area contributed by atoms with Crippen molar-refractivity contribution in [2.24, 2.45) is 5.73 Å². The van der Waals surface area contributed by atoms with Gasteiger partial charge in [0, 0.05) is 6.04 Å². The second kappa shape index (κ2) is 5.03. The molecule has 0 saturated heterocycles. The molecule has 0 spiro atoms. The molecule has 50 valence electrons. The third-order valence-corrected chi connectivity index (χ3v) is 1.19. The van der Waals surface area contributed by atoms with E-state index in [-0.39, 0.29) is 6.04 Å². The van der Waals surface area contributed by atoms with Crippen LogP contribution in [0.3, 0.4) is 0 Å². The molecule has 0 heterocycles. The minimum atomic E-state index is 0.181. The van der Waals surface area contributed by atoms with Crippen molar-refractivity contribution < 1.29 is 5.21 Å². The predicted molar refractivity (Wildman–Crippen MR) is 32.7 cm³/mol. The molecular weight excluding hydrogens is 104 g/mol. The quantitative estimate of drug-likeness (QED) is 0.459. The normalized spacial score (nSPS) is 13.9. The van der Waals surface area contributed by atoms with Crippen LogP contribution in [0.2, 0.25) is 0 Å². The zero-order valence-electron chi connectivity index (χ0n) is 5.22. The van der Waals surface area contributed by atoms with Crippen LogP contribution in [0.1, 0.15) is 19.8 Å². The first-order valence-corrected chi connectivity index (χ1v) is 2.94. The van der Waals surface area contributed by atoms with Crippen molar-refractivity contribution in [1.82, 2.24) is 5.48 Å². The number of hydroxylamine groups is 1. The van der Waals surface area contributed by atoms with Gasteiger partial charge in [0.15, 0.2) is 0 Å². The van der Waals surface area contributed by atoms with Crippen LogP contribution in [-0.2, 0) is 0 Å². The molecule has 1 unspecified atom stereocenters. The highest BCUT2D eigenvalue weighted by molar-refractivity contribution is 4.58. The fraction of sp³-hybridized carbons (Fsp3) is 1.00. The van der Waals surface area contributed by atoms with Crippen molar-refractivity contribution in [3.63, 3.8) is 0 Å². The second-order valence-corrected chi connectivity index (χ2v) is 1.81. The van der Waals surface area contributed by atoms with Gasteiger partial charge in [0.05, 0.1) is 0 Å². The fourth-order valence-corrected chi connectivity index (χ4v) is 0.561. The molecule has 0 aliphatic rings. The summed E-state index contributed by atoms with van der Waals surface area (Å²) in [7, 11) is 0. The summed E-state index contributed by atoms with van der Waals surface area (Å²) in [5.41, 5.74) is 7.40. The maximum atomic E-state index is 8.35. The van der Waals surface area contributed by atoms with E-state index in [2.05, 4.69) is 5.48 Å². The monoisotopic (exact) mass is 118 g/mol. The van der Waals surface area contributed by atoms with Crippen molar-refractivity contribution in [3.8, 4) is 0 Å². The summed E-state index contributed by atoms with van der Waals surface area (Å²) in [6.45, 7) is 2.63. The Morgan fingerprint density at radius 2 is 2.38 bits per heavy atom. The van der Waals surface area contributed by atoms with E-state index in [1.165, 1.54) is 0 Å². The summed E-state index contributed by atoms with van der Waals surface area (Å²) in [5, 5.41) is 8.35. The molecule has 1 atom stereocenters. The topological polar surface area (TPSA) is 58.3 Å². The molecule has 0 aromatic rings. The minimum Gasteiger partial charge on any atom is -0.330 e. The van der Waals surface area contributed by atoms with Gasteiger partial charge in [0.2, 0.25) is 0 Å². The van der Waals surface area contributed by atoms with Gasteiger partial charge in [-0.1, -0.05) is 6.92 Å². The smallest absolute Gasteiger partial charge is 0.0329 e. The Kier molecular flexibility index (Phi) is 4.95. The van der Waals surface area contributed by atoms with E-state index in [0.717, 1.165) is 12.8 Å². The standard InChI is InChI=1S/C5H14N2O/c1-2-5(7-8)3-4-6/h5,7-8H,2-4,6H2,1H3. The Bertz CT molecular complexity index is 45.7. The maximum absolute atomic E-state index is 8.35. The molecule has 0 fully saturated rings. The Morgan fingerprint density at radius 1 is 1.75 bits per heavy atom. The lowest BCUT2D eigenvalue weighted by Gasteiger charge is -2.08. The molecule has 0 rings (SSSR count). The van der Waals surface area contributed by atoms with E-state index >= 15 is 0 Å². The first-order chi connectivity index (χ1) is 3.85. The molecule has 0 aromatic carbocycles. The van der Waals surface area contributed by atoms with Crippen molar-refractivity contribution in [1.29, 1.82) is 0 Å². The first-order valence-electron chi connectivity index (χ1n) is 2.94. The molecule has 0 radical (unpaired) electrons. The lowest BCUT2D eigenvalue weighted by molar-refractivity contribution is 0.120. The summed E-state index contributed by atoms with van der Waals surface area (Å²) in [6.07, 6.45) is 1.76. The Hall–Kier alpha value is -0.120.